The zero-order valence-electron chi connectivity index (χ0n) is 10.4. The third-order valence-electron chi connectivity index (χ3n) is 2.33. The van der Waals surface area contributed by atoms with E-state index in [9.17, 15) is 10.1 Å². The topological polar surface area (TPSA) is 88.8 Å². The Hall–Kier alpha value is -2.04. The molecule has 0 N–H and O–H groups in total. The van der Waals surface area contributed by atoms with Crippen LogP contribution in [0, 0.1) is 11.3 Å². The molecule has 0 amide bonds. The number of hydrogen-bond donors (Lipinski definition) is 0. The molecule has 0 radical (unpaired) electrons. The summed E-state index contributed by atoms with van der Waals surface area (Å²) in [5.74, 6) is -1.20. The van der Waals surface area contributed by atoms with Gasteiger partial charge in [0.15, 0.2) is 5.69 Å². The Morgan fingerprint density at radius 1 is 1.60 bits per heavy atom. The van der Waals surface area contributed by atoms with Crippen LogP contribution in [0.25, 0.3) is 0 Å². The first kappa shape index (κ1) is 14.4. The van der Waals surface area contributed by atoms with Crippen molar-refractivity contribution < 1.29 is 9.53 Å². The average molecular weight is 309 g/mol. The van der Waals surface area contributed by atoms with Crippen LogP contribution in [0.4, 0.5) is 0 Å². The van der Waals surface area contributed by atoms with E-state index in [0.29, 0.717) is 10.7 Å². The number of thiazole rings is 1. The van der Waals surface area contributed by atoms with E-state index < -0.39 is 11.9 Å². The van der Waals surface area contributed by atoms with Gasteiger partial charge < -0.3 is 4.74 Å². The molecule has 2 aromatic heterocycles. The first-order valence-corrected chi connectivity index (χ1v) is 6.92. The van der Waals surface area contributed by atoms with Crippen molar-refractivity contribution in [1.82, 2.24) is 15.0 Å². The standard InChI is InChI=1S/C12H9ClN4O2S/c1-2-19-11(18)9-6-20-10(16-9)7(5-14)8-3-4-15-12(13)17-8/h3-4,6-7H,2H2,1H3. The van der Waals surface area contributed by atoms with Crippen molar-refractivity contribution in [3.63, 3.8) is 0 Å². The van der Waals surface area contributed by atoms with Gasteiger partial charge in [-0.15, -0.1) is 11.3 Å². The number of carbonyl (C=O) groups is 1. The molecular weight excluding hydrogens is 300 g/mol. The van der Waals surface area contributed by atoms with Crippen molar-refractivity contribution in [3.8, 4) is 6.07 Å². The number of halogens is 1. The van der Waals surface area contributed by atoms with Gasteiger partial charge in [-0.25, -0.2) is 19.7 Å². The number of hydrogen-bond acceptors (Lipinski definition) is 7. The van der Waals surface area contributed by atoms with E-state index in [1.165, 1.54) is 17.5 Å². The van der Waals surface area contributed by atoms with Crippen LogP contribution in [0.15, 0.2) is 17.6 Å². The molecule has 2 heterocycles. The summed E-state index contributed by atoms with van der Waals surface area (Å²) in [5, 5.41) is 11.4. The van der Waals surface area contributed by atoms with Crippen LogP contribution in [0.5, 0.6) is 0 Å². The smallest absolute Gasteiger partial charge is 0.357 e. The lowest BCUT2D eigenvalue weighted by Crippen LogP contribution is -2.06. The SMILES string of the molecule is CCOC(=O)c1csc(C(C#N)c2ccnc(Cl)n2)n1. The zero-order chi connectivity index (χ0) is 14.5. The van der Waals surface area contributed by atoms with Crippen LogP contribution in [-0.4, -0.2) is 27.5 Å². The van der Waals surface area contributed by atoms with E-state index >= 15 is 0 Å². The Balaban J connectivity index is 2.30. The van der Waals surface area contributed by atoms with Gasteiger partial charge in [0.25, 0.3) is 0 Å². The van der Waals surface area contributed by atoms with Gasteiger partial charge in [0.1, 0.15) is 10.9 Å². The molecule has 0 saturated carbocycles. The molecule has 1 atom stereocenters. The van der Waals surface area contributed by atoms with E-state index in [-0.39, 0.29) is 17.6 Å². The maximum atomic E-state index is 11.6. The zero-order valence-corrected chi connectivity index (χ0v) is 12.0. The maximum absolute atomic E-state index is 11.6. The Bertz CT molecular complexity index is 667. The van der Waals surface area contributed by atoms with Crippen molar-refractivity contribution in [2.24, 2.45) is 0 Å². The Morgan fingerprint density at radius 3 is 3.05 bits per heavy atom. The Labute approximate surface area is 124 Å². The second kappa shape index (κ2) is 6.41. The van der Waals surface area contributed by atoms with Crippen LogP contribution in [0.1, 0.15) is 34.0 Å². The summed E-state index contributed by atoms with van der Waals surface area (Å²) in [7, 11) is 0. The molecule has 102 valence electrons. The van der Waals surface area contributed by atoms with Gasteiger partial charge in [-0.2, -0.15) is 5.26 Å². The third kappa shape index (κ3) is 3.10. The molecule has 6 nitrogen and oxygen atoms in total. The summed E-state index contributed by atoms with van der Waals surface area (Å²) < 4.78 is 4.86. The quantitative estimate of drug-likeness (QED) is 0.636. The first-order valence-electron chi connectivity index (χ1n) is 5.66. The van der Waals surface area contributed by atoms with Crippen LogP contribution < -0.4 is 0 Å². The summed E-state index contributed by atoms with van der Waals surface area (Å²) >= 11 is 6.91. The molecule has 0 spiro atoms. The van der Waals surface area contributed by atoms with Gasteiger partial charge >= 0.3 is 5.97 Å². The van der Waals surface area contributed by atoms with Crippen molar-refractivity contribution in [3.05, 3.63) is 39.3 Å². The van der Waals surface area contributed by atoms with Crippen molar-refractivity contribution >= 4 is 28.9 Å². The summed E-state index contributed by atoms with van der Waals surface area (Å²) in [6.45, 7) is 1.99. The van der Waals surface area contributed by atoms with Gasteiger partial charge in [-0.05, 0) is 24.6 Å². The summed E-state index contributed by atoms with van der Waals surface area (Å²) in [4.78, 5) is 23.4. The van der Waals surface area contributed by atoms with Crippen molar-refractivity contribution in [2.75, 3.05) is 6.61 Å². The Morgan fingerprint density at radius 2 is 2.40 bits per heavy atom. The van der Waals surface area contributed by atoms with Crippen LogP contribution in [0.2, 0.25) is 5.28 Å². The van der Waals surface area contributed by atoms with Gasteiger partial charge in [0.2, 0.25) is 5.28 Å². The normalized spacial score (nSPS) is 11.7. The number of rotatable bonds is 4. The highest BCUT2D eigenvalue weighted by atomic mass is 35.5. The van der Waals surface area contributed by atoms with E-state index in [1.807, 2.05) is 0 Å². The molecule has 8 heteroatoms. The highest BCUT2D eigenvalue weighted by molar-refractivity contribution is 7.10. The average Bonchev–Trinajstić information content (AvgIpc) is 2.90. The summed E-state index contributed by atoms with van der Waals surface area (Å²) in [6, 6.07) is 3.68. The molecule has 0 bridgehead atoms. The molecule has 0 fully saturated rings. The highest BCUT2D eigenvalue weighted by Crippen LogP contribution is 2.26. The Kier molecular flexibility index (Phi) is 4.61. The molecule has 2 aromatic rings. The molecule has 0 aliphatic rings. The van der Waals surface area contributed by atoms with Crippen LogP contribution in [-0.2, 0) is 4.74 Å². The molecule has 20 heavy (non-hydrogen) atoms. The second-order valence-corrected chi connectivity index (χ2v) is 4.83. The van der Waals surface area contributed by atoms with Crippen molar-refractivity contribution in [1.29, 1.82) is 5.26 Å². The number of aromatic nitrogens is 3. The van der Waals surface area contributed by atoms with Crippen LogP contribution >= 0.6 is 22.9 Å². The lowest BCUT2D eigenvalue weighted by molar-refractivity contribution is 0.0520. The molecule has 2 rings (SSSR count). The number of esters is 1. The number of nitrogens with zero attached hydrogens (tertiary/aromatic N) is 4. The van der Waals surface area contributed by atoms with E-state index in [0.717, 1.165) is 0 Å². The fourth-order valence-electron chi connectivity index (χ4n) is 1.48. The van der Waals surface area contributed by atoms with Gasteiger partial charge in [0, 0.05) is 11.6 Å². The molecular formula is C12H9ClN4O2S. The third-order valence-corrected chi connectivity index (χ3v) is 3.42. The highest BCUT2D eigenvalue weighted by Gasteiger charge is 2.21. The lowest BCUT2D eigenvalue weighted by atomic mass is 10.1. The van der Waals surface area contributed by atoms with Crippen LogP contribution in [0.3, 0.4) is 0 Å². The predicted octanol–water partition coefficient (Wildman–Crippen LogP) is 2.42. The fraction of sp³-hybridized carbons (Fsp3) is 0.250. The van der Waals surface area contributed by atoms with E-state index in [2.05, 4.69) is 21.0 Å². The molecule has 0 aliphatic carbocycles. The minimum atomic E-state index is -0.691. The van der Waals surface area contributed by atoms with Gasteiger partial charge in [-0.1, -0.05) is 0 Å². The number of ether oxygens (including phenoxy) is 1. The van der Waals surface area contributed by atoms with E-state index in [4.69, 9.17) is 16.3 Å². The number of carbonyl (C=O) groups excluding carboxylic acids is 1. The number of nitriles is 1. The van der Waals surface area contributed by atoms with E-state index in [1.54, 1.807) is 18.4 Å². The minimum Gasteiger partial charge on any atom is -0.461 e. The molecule has 0 saturated heterocycles. The second-order valence-electron chi connectivity index (χ2n) is 3.60. The molecule has 1 unspecified atom stereocenters. The first-order chi connectivity index (χ1) is 9.65. The van der Waals surface area contributed by atoms with Gasteiger partial charge in [0.05, 0.1) is 18.4 Å². The largest absolute Gasteiger partial charge is 0.461 e. The molecule has 0 aliphatic heterocycles. The van der Waals surface area contributed by atoms with Crippen molar-refractivity contribution in [2.45, 2.75) is 12.8 Å². The molecule has 0 aromatic carbocycles. The summed E-state index contributed by atoms with van der Waals surface area (Å²) in [5.41, 5.74) is 0.629. The predicted molar refractivity (Wildman–Crippen MR) is 72.6 cm³/mol. The lowest BCUT2D eigenvalue weighted by Gasteiger charge is -2.04. The monoisotopic (exact) mass is 308 g/mol. The van der Waals surface area contributed by atoms with Gasteiger partial charge in [-0.3, -0.25) is 0 Å². The minimum absolute atomic E-state index is 0.0601. The summed E-state index contributed by atoms with van der Waals surface area (Å²) in [6.07, 6.45) is 1.47. The fourth-order valence-corrected chi connectivity index (χ4v) is 2.47. The maximum Gasteiger partial charge on any atom is 0.357 e.